The van der Waals surface area contributed by atoms with Crippen LogP contribution in [-0.4, -0.2) is 0 Å². The Morgan fingerprint density at radius 2 is 2.42 bits per heavy atom. The second-order valence-corrected chi connectivity index (χ2v) is 4.28. The van der Waals surface area contributed by atoms with E-state index in [0.717, 1.165) is 10.6 Å². The molecule has 64 valence electrons. The standard InChI is InChI=1S/C10H12S2/c1-3-5-8(4-2)9-6-7-10(11)12-9/h4-7,11H,2-3H2,1H3/b8-5+. The molecule has 0 aromatic carbocycles. The molecule has 0 bridgehead atoms. The van der Waals surface area contributed by atoms with Crippen molar-refractivity contribution in [2.24, 2.45) is 0 Å². The van der Waals surface area contributed by atoms with Crippen molar-refractivity contribution in [2.45, 2.75) is 17.6 Å². The first-order valence-corrected chi connectivity index (χ1v) is 5.16. The van der Waals surface area contributed by atoms with Crippen molar-refractivity contribution < 1.29 is 0 Å². The van der Waals surface area contributed by atoms with Gasteiger partial charge < -0.3 is 0 Å². The first-order chi connectivity index (χ1) is 5.77. The fourth-order valence-electron chi connectivity index (χ4n) is 0.987. The average Bonchev–Trinajstić information content (AvgIpc) is 2.47. The Morgan fingerprint density at radius 1 is 1.67 bits per heavy atom. The Kier molecular flexibility index (Phi) is 3.63. The maximum Gasteiger partial charge on any atom is 0.0574 e. The molecular weight excluding hydrogens is 184 g/mol. The fraction of sp³-hybridized carbons (Fsp3) is 0.200. The topological polar surface area (TPSA) is 0 Å². The molecule has 0 spiro atoms. The number of thiophene rings is 1. The van der Waals surface area contributed by atoms with E-state index in [2.05, 4.69) is 38.3 Å². The normalized spacial score (nSPS) is 11.7. The summed E-state index contributed by atoms with van der Waals surface area (Å²) in [5.41, 5.74) is 1.21. The van der Waals surface area contributed by atoms with E-state index in [4.69, 9.17) is 0 Å². The van der Waals surface area contributed by atoms with E-state index in [1.54, 1.807) is 11.3 Å². The minimum atomic E-state index is 1.04. The first kappa shape index (κ1) is 9.62. The van der Waals surface area contributed by atoms with Crippen molar-refractivity contribution in [3.8, 4) is 0 Å². The summed E-state index contributed by atoms with van der Waals surface area (Å²) in [6.07, 6.45) is 5.11. The molecule has 0 radical (unpaired) electrons. The molecule has 0 unspecified atom stereocenters. The molecule has 0 fully saturated rings. The Hall–Kier alpha value is -0.470. The van der Waals surface area contributed by atoms with Crippen LogP contribution >= 0.6 is 24.0 Å². The van der Waals surface area contributed by atoms with E-state index in [9.17, 15) is 0 Å². The van der Waals surface area contributed by atoms with Gasteiger partial charge in [-0.2, -0.15) is 0 Å². The van der Waals surface area contributed by atoms with Crippen molar-refractivity contribution in [3.63, 3.8) is 0 Å². The first-order valence-electron chi connectivity index (χ1n) is 3.89. The molecule has 0 nitrogen and oxygen atoms in total. The monoisotopic (exact) mass is 196 g/mol. The van der Waals surface area contributed by atoms with E-state index in [1.807, 2.05) is 12.1 Å². The van der Waals surface area contributed by atoms with Gasteiger partial charge in [0.1, 0.15) is 0 Å². The van der Waals surface area contributed by atoms with Crippen LogP contribution in [0, 0.1) is 0 Å². The molecule has 0 N–H and O–H groups in total. The maximum atomic E-state index is 4.26. The molecule has 1 rings (SSSR count). The van der Waals surface area contributed by atoms with Crippen molar-refractivity contribution >= 4 is 29.5 Å². The van der Waals surface area contributed by atoms with E-state index in [1.165, 1.54) is 10.5 Å². The zero-order valence-electron chi connectivity index (χ0n) is 7.08. The van der Waals surface area contributed by atoms with Gasteiger partial charge in [-0.25, -0.2) is 0 Å². The van der Waals surface area contributed by atoms with E-state index in [-0.39, 0.29) is 0 Å². The smallest absolute Gasteiger partial charge is 0.0574 e. The van der Waals surface area contributed by atoms with E-state index >= 15 is 0 Å². The highest BCUT2D eigenvalue weighted by atomic mass is 32.2. The second-order valence-electron chi connectivity index (χ2n) is 2.41. The predicted octanol–water partition coefficient (Wildman–Crippen LogP) is 4.02. The fourth-order valence-corrected chi connectivity index (χ4v) is 2.14. The third kappa shape index (κ3) is 2.26. The Balaban J connectivity index is 2.94. The number of allylic oxidation sites excluding steroid dienone is 3. The van der Waals surface area contributed by atoms with E-state index < -0.39 is 0 Å². The van der Waals surface area contributed by atoms with Crippen molar-refractivity contribution in [1.82, 2.24) is 0 Å². The quantitative estimate of drug-likeness (QED) is 0.548. The Labute approximate surface area is 83.0 Å². The summed E-state index contributed by atoms with van der Waals surface area (Å²) in [6.45, 7) is 5.90. The summed E-state index contributed by atoms with van der Waals surface area (Å²) in [6, 6.07) is 4.09. The van der Waals surface area contributed by atoms with Gasteiger partial charge in [-0.3, -0.25) is 0 Å². The van der Waals surface area contributed by atoms with Gasteiger partial charge in [0, 0.05) is 4.88 Å². The van der Waals surface area contributed by atoms with Crippen LogP contribution in [-0.2, 0) is 0 Å². The van der Waals surface area contributed by atoms with Crippen LogP contribution in [0.15, 0.2) is 35.1 Å². The van der Waals surface area contributed by atoms with Crippen LogP contribution in [0.25, 0.3) is 5.57 Å². The van der Waals surface area contributed by atoms with Crippen molar-refractivity contribution in [1.29, 1.82) is 0 Å². The molecule has 2 heteroatoms. The van der Waals surface area contributed by atoms with Crippen LogP contribution < -0.4 is 0 Å². The highest BCUT2D eigenvalue weighted by molar-refractivity contribution is 7.82. The average molecular weight is 196 g/mol. The SMILES string of the molecule is C=C/C(=C\CC)c1ccc(S)s1. The number of rotatable bonds is 3. The van der Waals surface area contributed by atoms with Crippen LogP contribution in [0.4, 0.5) is 0 Å². The summed E-state index contributed by atoms with van der Waals surface area (Å²) >= 11 is 5.95. The van der Waals surface area contributed by atoms with Crippen LogP contribution in [0.3, 0.4) is 0 Å². The van der Waals surface area contributed by atoms with Gasteiger partial charge in [0.05, 0.1) is 4.21 Å². The highest BCUT2D eigenvalue weighted by Gasteiger charge is 1.99. The molecule has 1 aromatic rings. The molecule has 0 aliphatic rings. The second kappa shape index (κ2) is 4.53. The summed E-state index contributed by atoms with van der Waals surface area (Å²) in [5, 5.41) is 0. The molecule has 0 saturated carbocycles. The Morgan fingerprint density at radius 3 is 2.83 bits per heavy atom. The number of thiol groups is 1. The van der Waals surface area contributed by atoms with Crippen molar-refractivity contribution in [2.75, 3.05) is 0 Å². The summed E-state index contributed by atoms with van der Waals surface area (Å²) in [5.74, 6) is 0. The molecule has 0 atom stereocenters. The van der Waals surface area contributed by atoms with Gasteiger partial charge in [0.15, 0.2) is 0 Å². The van der Waals surface area contributed by atoms with Crippen LogP contribution in [0.5, 0.6) is 0 Å². The summed E-state index contributed by atoms with van der Waals surface area (Å²) in [7, 11) is 0. The molecule has 0 aliphatic heterocycles. The zero-order chi connectivity index (χ0) is 8.97. The molecule has 0 amide bonds. The lowest BCUT2D eigenvalue weighted by molar-refractivity contribution is 1.23. The zero-order valence-corrected chi connectivity index (χ0v) is 8.79. The van der Waals surface area contributed by atoms with Crippen LogP contribution in [0.1, 0.15) is 18.2 Å². The minimum Gasteiger partial charge on any atom is -0.133 e. The molecular formula is C10H12S2. The summed E-state index contributed by atoms with van der Waals surface area (Å²) in [4.78, 5) is 1.25. The maximum absolute atomic E-state index is 4.26. The Bertz CT molecular complexity index is 295. The van der Waals surface area contributed by atoms with Gasteiger partial charge in [-0.15, -0.1) is 24.0 Å². The number of hydrogen-bond acceptors (Lipinski definition) is 2. The lowest BCUT2D eigenvalue weighted by Crippen LogP contribution is -1.71. The highest BCUT2D eigenvalue weighted by Crippen LogP contribution is 2.27. The minimum absolute atomic E-state index is 1.04. The predicted molar refractivity (Wildman–Crippen MR) is 60.0 cm³/mol. The number of hydrogen-bond donors (Lipinski definition) is 1. The molecule has 0 saturated heterocycles. The third-order valence-corrected chi connectivity index (χ3v) is 2.88. The van der Waals surface area contributed by atoms with Gasteiger partial charge in [0.25, 0.3) is 0 Å². The molecule has 0 aliphatic carbocycles. The third-order valence-electron chi connectivity index (χ3n) is 1.52. The lowest BCUT2D eigenvalue weighted by Gasteiger charge is -1.95. The molecule has 1 heterocycles. The molecule has 1 aromatic heterocycles. The lowest BCUT2D eigenvalue weighted by atomic mass is 10.2. The van der Waals surface area contributed by atoms with Gasteiger partial charge in [0.2, 0.25) is 0 Å². The van der Waals surface area contributed by atoms with Gasteiger partial charge >= 0.3 is 0 Å². The van der Waals surface area contributed by atoms with E-state index in [0.29, 0.717) is 0 Å². The largest absolute Gasteiger partial charge is 0.133 e. The summed E-state index contributed by atoms with van der Waals surface area (Å²) < 4.78 is 1.05. The van der Waals surface area contributed by atoms with Crippen molar-refractivity contribution in [3.05, 3.63) is 35.7 Å². The molecule has 12 heavy (non-hydrogen) atoms. The van der Waals surface area contributed by atoms with Crippen LogP contribution in [0.2, 0.25) is 0 Å². The van der Waals surface area contributed by atoms with Gasteiger partial charge in [-0.1, -0.05) is 25.7 Å². The van der Waals surface area contributed by atoms with Gasteiger partial charge in [-0.05, 0) is 24.1 Å².